The van der Waals surface area contributed by atoms with Crippen LogP contribution < -0.4 is 25.7 Å². The van der Waals surface area contributed by atoms with Crippen LogP contribution in [0.2, 0.25) is 0 Å². The Balaban J connectivity index is 1.28. The number of carbonyl (C=O) groups excluding carboxylic acids is 2. The summed E-state index contributed by atoms with van der Waals surface area (Å²) in [6, 6.07) is 12.2. The van der Waals surface area contributed by atoms with E-state index in [-0.39, 0.29) is 31.3 Å². The number of hydrogen-bond acceptors (Lipinski definition) is 7. The van der Waals surface area contributed by atoms with Crippen LogP contribution in [0.15, 0.2) is 53.6 Å². The third kappa shape index (κ3) is 4.47. The highest BCUT2D eigenvalue weighted by molar-refractivity contribution is 7.18. The summed E-state index contributed by atoms with van der Waals surface area (Å²) < 4.78 is 12.0. The Morgan fingerprint density at radius 1 is 1.11 bits per heavy atom. The lowest BCUT2D eigenvalue weighted by Crippen LogP contribution is -2.29. The van der Waals surface area contributed by atoms with Gasteiger partial charge in [-0.2, -0.15) is 0 Å². The summed E-state index contributed by atoms with van der Waals surface area (Å²) in [7, 11) is 0. The molecule has 0 saturated heterocycles. The molecular formula is C25H22N4O5S. The largest absolute Gasteiger partial charge is 0.454 e. The average molecular weight is 491 g/mol. The maximum Gasteiger partial charge on any atom is 0.262 e. The molecule has 2 N–H and O–H groups in total. The van der Waals surface area contributed by atoms with E-state index in [1.165, 1.54) is 22.2 Å². The lowest BCUT2D eigenvalue weighted by atomic mass is 10.1. The minimum Gasteiger partial charge on any atom is -0.454 e. The number of nitrogens with zero attached hydrogens (tertiary/aromatic N) is 2. The fraction of sp³-hybridized carbons (Fsp3) is 0.200. The monoisotopic (exact) mass is 490 g/mol. The zero-order chi connectivity index (χ0) is 24.5. The predicted octanol–water partition coefficient (Wildman–Crippen LogP) is 3.37. The molecule has 0 fully saturated rings. The van der Waals surface area contributed by atoms with Crippen LogP contribution in [0.4, 0.5) is 5.69 Å². The Morgan fingerprint density at radius 2 is 1.91 bits per heavy atom. The van der Waals surface area contributed by atoms with Crippen LogP contribution in [0.3, 0.4) is 0 Å². The molecule has 9 nitrogen and oxygen atoms in total. The van der Waals surface area contributed by atoms with Gasteiger partial charge in [0.1, 0.15) is 11.4 Å². The molecule has 178 valence electrons. The van der Waals surface area contributed by atoms with Crippen molar-refractivity contribution in [3.8, 4) is 11.5 Å². The summed E-state index contributed by atoms with van der Waals surface area (Å²) in [4.78, 5) is 44.5. The number of carbonyl (C=O) groups is 2. The standard InChI is InChI=1S/C25H22N4O5S/c1-14-15(2)35-24-22(14)25(32)29(12-27-24)11-21(30)28-18-6-4-3-5-17(18)23(31)26-10-16-7-8-19-20(9-16)34-13-33-19/h3-9,12H,10-11,13H2,1-2H3,(H,26,31)(H,28,30). The van der Waals surface area contributed by atoms with Crippen molar-refractivity contribution in [1.29, 1.82) is 0 Å². The molecule has 4 aromatic rings. The first-order valence-electron chi connectivity index (χ1n) is 10.9. The number of amides is 2. The Hall–Kier alpha value is -4.18. The number of aryl methyl sites for hydroxylation is 2. The number of benzene rings is 2. The van der Waals surface area contributed by atoms with Gasteiger partial charge >= 0.3 is 0 Å². The molecule has 0 aliphatic carbocycles. The molecule has 0 radical (unpaired) electrons. The van der Waals surface area contributed by atoms with E-state index in [1.54, 1.807) is 30.3 Å². The third-order valence-corrected chi connectivity index (χ3v) is 6.92. The second-order valence-corrected chi connectivity index (χ2v) is 9.31. The van der Waals surface area contributed by atoms with Crippen LogP contribution in [0.5, 0.6) is 11.5 Å². The molecule has 35 heavy (non-hydrogen) atoms. The van der Waals surface area contributed by atoms with Gasteiger partial charge < -0.3 is 20.1 Å². The fourth-order valence-corrected chi connectivity index (χ4v) is 4.83. The van der Waals surface area contributed by atoms with Crippen LogP contribution in [-0.4, -0.2) is 28.2 Å². The molecule has 2 aromatic carbocycles. The van der Waals surface area contributed by atoms with Crippen molar-refractivity contribution in [3.05, 3.63) is 80.7 Å². The number of ether oxygens (including phenoxy) is 2. The Labute approximate surface area is 204 Å². The number of para-hydroxylation sites is 1. The minimum absolute atomic E-state index is 0.181. The van der Waals surface area contributed by atoms with Crippen LogP contribution in [0, 0.1) is 13.8 Å². The summed E-state index contributed by atoms with van der Waals surface area (Å²) >= 11 is 1.45. The van der Waals surface area contributed by atoms with Gasteiger partial charge in [0.05, 0.1) is 23.0 Å². The summed E-state index contributed by atoms with van der Waals surface area (Å²) in [5.41, 5.74) is 2.13. The van der Waals surface area contributed by atoms with E-state index in [2.05, 4.69) is 15.6 Å². The molecular weight excluding hydrogens is 468 g/mol. The normalized spacial score (nSPS) is 12.1. The topological polar surface area (TPSA) is 112 Å². The summed E-state index contributed by atoms with van der Waals surface area (Å²) in [5.74, 6) is 0.531. The van der Waals surface area contributed by atoms with E-state index in [0.29, 0.717) is 33.0 Å². The van der Waals surface area contributed by atoms with E-state index < -0.39 is 5.91 Å². The lowest BCUT2D eigenvalue weighted by Gasteiger charge is -2.12. The number of hydrogen-bond donors (Lipinski definition) is 2. The molecule has 0 saturated carbocycles. The highest BCUT2D eigenvalue weighted by Gasteiger charge is 2.17. The second-order valence-electron chi connectivity index (χ2n) is 8.11. The average Bonchev–Trinajstić information content (AvgIpc) is 3.43. The Morgan fingerprint density at radius 3 is 2.77 bits per heavy atom. The van der Waals surface area contributed by atoms with Gasteiger partial charge in [0, 0.05) is 11.4 Å². The Bertz CT molecular complexity index is 1520. The molecule has 2 amide bonds. The number of anilines is 1. The molecule has 1 aliphatic rings. The van der Waals surface area contributed by atoms with E-state index in [1.807, 2.05) is 26.0 Å². The third-order valence-electron chi connectivity index (χ3n) is 5.81. The zero-order valence-corrected chi connectivity index (χ0v) is 19.9. The fourth-order valence-electron chi connectivity index (χ4n) is 3.85. The maximum atomic E-state index is 12.9. The lowest BCUT2D eigenvalue weighted by molar-refractivity contribution is -0.116. The van der Waals surface area contributed by atoms with Crippen LogP contribution in [0.1, 0.15) is 26.4 Å². The van der Waals surface area contributed by atoms with Gasteiger partial charge in [0.15, 0.2) is 11.5 Å². The highest BCUT2D eigenvalue weighted by Crippen LogP contribution is 2.32. The summed E-state index contributed by atoms with van der Waals surface area (Å²) in [6.07, 6.45) is 1.38. The molecule has 3 heterocycles. The van der Waals surface area contributed by atoms with Crippen molar-refractivity contribution in [2.24, 2.45) is 0 Å². The molecule has 1 aliphatic heterocycles. The van der Waals surface area contributed by atoms with Gasteiger partial charge in [-0.3, -0.25) is 19.0 Å². The van der Waals surface area contributed by atoms with Crippen molar-refractivity contribution in [3.63, 3.8) is 0 Å². The van der Waals surface area contributed by atoms with E-state index >= 15 is 0 Å². The smallest absolute Gasteiger partial charge is 0.262 e. The highest BCUT2D eigenvalue weighted by atomic mass is 32.1. The zero-order valence-electron chi connectivity index (χ0n) is 19.1. The molecule has 5 rings (SSSR count). The van der Waals surface area contributed by atoms with Gasteiger partial charge in [-0.1, -0.05) is 18.2 Å². The number of rotatable bonds is 6. The number of thiophene rings is 1. The van der Waals surface area contributed by atoms with Crippen molar-refractivity contribution in [1.82, 2.24) is 14.9 Å². The van der Waals surface area contributed by atoms with Crippen molar-refractivity contribution in [2.45, 2.75) is 26.9 Å². The van der Waals surface area contributed by atoms with Gasteiger partial charge in [-0.15, -0.1) is 11.3 Å². The van der Waals surface area contributed by atoms with Gasteiger partial charge in [-0.05, 0) is 49.2 Å². The number of aromatic nitrogens is 2. The van der Waals surface area contributed by atoms with E-state index in [4.69, 9.17) is 9.47 Å². The molecule has 0 unspecified atom stereocenters. The number of nitrogens with one attached hydrogen (secondary N) is 2. The van der Waals surface area contributed by atoms with Crippen LogP contribution in [-0.2, 0) is 17.9 Å². The maximum absolute atomic E-state index is 12.9. The van der Waals surface area contributed by atoms with Gasteiger partial charge in [0.25, 0.3) is 11.5 Å². The first-order valence-corrected chi connectivity index (χ1v) is 11.7. The van der Waals surface area contributed by atoms with Crippen molar-refractivity contribution in [2.75, 3.05) is 12.1 Å². The molecule has 0 spiro atoms. The first-order chi connectivity index (χ1) is 16.9. The second kappa shape index (κ2) is 9.22. The molecule has 2 aromatic heterocycles. The summed E-state index contributed by atoms with van der Waals surface area (Å²) in [5, 5.41) is 6.14. The summed E-state index contributed by atoms with van der Waals surface area (Å²) in [6.45, 7) is 4.05. The van der Waals surface area contributed by atoms with Crippen LogP contribution >= 0.6 is 11.3 Å². The quantitative estimate of drug-likeness (QED) is 0.429. The first kappa shape index (κ1) is 22.6. The predicted molar refractivity (Wildman–Crippen MR) is 132 cm³/mol. The van der Waals surface area contributed by atoms with Crippen LogP contribution in [0.25, 0.3) is 10.2 Å². The van der Waals surface area contributed by atoms with E-state index in [9.17, 15) is 14.4 Å². The van der Waals surface area contributed by atoms with Crippen molar-refractivity contribution < 1.29 is 19.1 Å². The molecule has 10 heteroatoms. The van der Waals surface area contributed by atoms with Gasteiger partial charge in [-0.25, -0.2) is 4.98 Å². The Kier molecular flexibility index (Phi) is 5.96. The van der Waals surface area contributed by atoms with Crippen molar-refractivity contribution >= 4 is 39.1 Å². The SMILES string of the molecule is Cc1sc2ncn(CC(=O)Nc3ccccc3C(=O)NCc3ccc4c(c3)OCO4)c(=O)c2c1C. The molecule has 0 bridgehead atoms. The minimum atomic E-state index is -0.436. The van der Waals surface area contributed by atoms with E-state index in [0.717, 1.165) is 16.0 Å². The number of fused-ring (bicyclic) bond motifs is 2. The molecule has 0 atom stereocenters. The van der Waals surface area contributed by atoms with Gasteiger partial charge in [0.2, 0.25) is 12.7 Å².